The van der Waals surface area contributed by atoms with Crippen molar-refractivity contribution in [3.05, 3.63) is 0 Å². The van der Waals surface area contributed by atoms with Crippen molar-refractivity contribution in [2.45, 2.75) is 95.2 Å². The molecule has 0 aliphatic rings. The summed E-state index contributed by atoms with van der Waals surface area (Å²) in [4.78, 5) is 23.6. The fourth-order valence-corrected chi connectivity index (χ4v) is 3.21. The minimum Gasteiger partial charge on any atom is -0.464 e. The Morgan fingerprint density at radius 1 is 0.875 bits per heavy atom. The molecule has 1 unspecified atom stereocenters. The van der Waals surface area contributed by atoms with Crippen LogP contribution in [-0.2, 0) is 14.3 Å². The van der Waals surface area contributed by atoms with Crippen LogP contribution in [0.25, 0.3) is 0 Å². The molecule has 0 spiro atoms. The van der Waals surface area contributed by atoms with E-state index in [1.807, 2.05) is 0 Å². The molecule has 0 radical (unpaired) electrons. The van der Waals surface area contributed by atoms with Gasteiger partial charge in [0.1, 0.15) is 6.04 Å². The number of carbonyl (C=O) groups is 2. The Balaban J connectivity index is 4.62. The lowest BCUT2D eigenvalue weighted by Gasteiger charge is -2.28. The molecule has 1 amide bonds. The van der Waals surface area contributed by atoms with Crippen molar-refractivity contribution < 1.29 is 45.1 Å². The fourth-order valence-electron chi connectivity index (χ4n) is 2.74. The third-order valence-corrected chi connectivity index (χ3v) is 5.37. The van der Waals surface area contributed by atoms with Crippen LogP contribution in [0.1, 0.15) is 71.1 Å². The lowest BCUT2D eigenvalue weighted by molar-refractivity contribution is -0.344. The number of nitrogens with one attached hydrogen (secondary N) is 1. The number of carbonyl (C=O) groups excluding carboxylic acids is 2. The minimum atomic E-state index is -6.64. The highest BCUT2D eigenvalue weighted by molar-refractivity contribution is 7.98. The number of hydrogen-bond donors (Lipinski definition) is 1. The first-order valence-corrected chi connectivity index (χ1v) is 12.0. The van der Waals surface area contributed by atoms with Crippen molar-refractivity contribution in [3.8, 4) is 0 Å². The maximum absolute atomic E-state index is 13.5. The Kier molecular flexibility index (Phi) is 14.3. The fraction of sp³-hybridized carbons (Fsp3) is 0.900. The van der Waals surface area contributed by atoms with Crippen molar-refractivity contribution >= 4 is 23.6 Å². The van der Waals surface area contributed by atoms with Crippen molar-refractivity contribution in [3.63, 3.8) is 0 Å². The first kappa shape index (κ1) is 30.8. The van der Waals surface area contributed by atoms with Gasteiger partial charge in [0.05, 0.1) is 6.61 Å². The van der Waals surface area contributed by atoms with Crippen LogP contribution < -0.4 is 5.32 Å². The summed E-state index contributed by atoms with van der Waals surface area (Å²) in [7, 11) is 0. The average Bonchev–Trinajstić information content (AvgIpc) is 2.70. The summed E-state index contributed by atoms with van der Waals surface area (Å²) in [6, 6.07) is -1.76. The minimum absolute atomic E-state index is 0.0740. The average molecular weight is 500 g/mol. The van der Waals surface area contributed by atoms with Gasteiger partial charge in [0, 0.05) is 0 Å². The Bertz CT molecular complexity index is 560. The Morgan fingerprint density at radius 3 is 1.84 bits per heavy atom. The van der Waals surface area contributed by atoms with Gasteiger partial charge in [0.15, 0.2) is 0 Å². The van der Waals surface area contributed by atoms with Crippen LogP contribution >= 0.6 is 11.8 Å². The zero-order chi connectivity index (χ0) is 24.8. The van der Waals surface area contributed by atoms with Gasteiger partial charge in [-0.1, -0.05) is 58.3 Å². The number of hydrogen-bond acceptors (Lipinski definition) is 4. The second kappa shape index (κ2) is 14.8. The van der Waals surface area contributed by atoms with Gasteiger partial charge in [-0.05, 0) is 24.9 Å². The summed E-state index contributed by atoms with van der Waals surface area (Å²) in [5.74, 6) is -16.6. The molecule has 0 heterocycles. The number of rotatable bonds is 17. The van der Waals surface area contributed by atoms with E-state index in [-0.39, 0.29) is 18.8 Å². The summed E-state index contributed by atoms with van der Waals surface area (Å²) in [5, 5.41) is 1.30. The van der Waals surface area contributed by atoms with E-state index in [4.69, 9.17) is 4.74 Å². The van der Waals surface area contributed by atoms with Gasteiger partial charge in [-0.3, -0.25) is 4.79 Å². The van der Waals surface area contributed by atoms with Crippen LogP contribution in [0.3, 0.4) is 0 Å². The van der Waals surface area contributed by atoms with Gasteiger partial charge in [0.2, 0.25) is 0 Å². The molecule has 190 valence electrons. The molecule has 0 saturated carbocycles. The van der Waals surface area contributed by atoms with Crippen LogP contribution in [-0.4, -0.2) is 54.6 Å². The Labute approximate surface area is 188 Å². The molecule has 0 aromatic heterocycles. The Hall–Kier alpha value is -1.20. The van der Waals surface area contributed by atoms with E-state index < -0.39 is 35.9 Å². The van der Waals surface area contributed by atoms with Crippen molar-refractivity contribution in [2.24, 2.45) is 0 Å². The molecule has 4 nitrogen and oxygen atoms in total. The number of alkyl halides is 7. The predicted molar refractivity (Wildman–Crippen MR) is 109 cm³/mol. The van der Waals surface area contributed by atoms with E-state index in [1.54, 1.807) is 6.26 Å². The van der Waals surface area contributed by atoms with Crippen molar-refractivity contribution in [1.82, 2.24) is 5.32 Å². The molecular weight excluding hydrogens is 467 g/mol. The highest BCUT2D eigenvalue weighted by atomic mass is 32.2. The molecular formula is C20H32F7NO3S. The van der Waals surface area contributed by atoms with Crippen LogP contribution in [0.2, 0.25) is 0 Å². The molecule has 0 saturated heterocycles. The van der Waals surface area contributed by atoms with Gasteiger partial charge in [-0.2, -0.15) is 42.5 Å². The van der Waals surface area contributed by atoms with Gasteiger partial charge >= 0.3 is 24.0 Å². The molecule has 0 aromatic carbocycles. The maximum atomic E-state index is 13.5. The van der Waals surface area contributed by atoms with E-state index in [0.29, 0.717) is 6.42 Å². The molecule has 0 fully saturated rings. The first-order valence-electron chi connectivity index (χ1n) is 10.6. The molecule has 1 atom stereocenters. The second-order valence-corrected chi connectivity index (χ2v) is 8.44. The highest BCUT2D eigenvalue weighted by Crippen LogP contribution is 2.46. The molecule has 0 rings (SSSR count). The van der Waals surface area contributed by atoms with Crippen LogP contribution in [0.5, 0.6) is 0 Å². The molecule has 12 heteroatoms. The molecule has 0 aliphatic carbocycles. The number of esters is 1. The largest absolute Gasteiger partial charge is 0.464 e. The number of halogens is 7. The van der Waals surface area contributed by atoms with Crippen molar-refractivity contribution in [2.75, 3.05) is 18.6 Å². The van der Waals surface area contributed by atoms with Gasteiger partial charge in [-0.15, -0.1) is 0 Å². The van der Waals surface area contributed by atoms with E-state index in [0.717, 1.165) is 50.3 Å². The van der Waals surface area contributed by atoms with E-state index in [9.17, 15) is 40.3 Å². The number of ether oxygens (including phenoxy) is 1. The monoisotopic (exact) mass is 499 g/mol. The van der Waals surface area contributed by atoms with E-state index >= 15 is 0 Å². The van der Waals surface area contributed by atoms with Crippen LogP contribution in [0, 0.1) is 0 Å². The van der Waals surface area contributed by atoms with Crippen LogP contribution in [0.15, 0.2) is 0 Å². The number of unbranched alkanes of at least 4 members (excludes halogenated alkanes) is 8. The third kappa shape index (κ3) is 10.2. The SMILES string of the molecule is CCCCCCCCCCCOC(=O)C(CCSC)NC(=O)C(F)(F)C(F)(F)C(F)(F)F. The maximum Gasteiger partial charge on any atom is 0.460 e. The topological polar surface area (TPSA) is 55.4 Å². The van der Waals surface area contributed by atoms with E-state index in [2.05, 4.69) is 6.92 Å². The normalized spacial score (nSPS) is 13.7. The smallest absolute Gasteiger partial charge is 0.460 e. The standard InChI is InChI=1S/C20H32F7NO3S/c1-3-4-5-6-7-8-9-10-11-13-31-16(29)15(12-14-32-2)28-17(30)18(21,22)19(23,24)20(25,26)27/h15H,3-14H2,1-2H3,(H,28,30). The van der Waals surface area contributed by atoms with E-state index in [1.165, 1.54) is 18.2 Å². The number of amides is 1. The molecule has 0 aromatic rings. The van der Waals surface area contributed by atoms with Gasteiger partial charge < -0.3 is 10.1 Å². The zero-order valence-electron chi connectivity index (χ0n) is 18.3. The lowest BCUT2D eigenvalue weighted by Crippen LogP contribution is -2.61. The highest BCUT2D eigenvalue weighted by Gasteiger charge is 2.76. The quantitative estimate of drug-likeness (QED) is 0.149. The molecule has 0 bridgehead atoms. The predicted octanol–water partition coefficient (Wildman–Crippen LogP) is 6.13. The lowest BCUT2D eigenvalue weighted by atomic mass is 10.1. The summed E-state index contributed by atoms with van der Waals surface area (Å²) in [6.45, 7) is 2.05. The van der Waals surface area contributed by atoms with Crippen LogP contribution in [0.4, 0.5) is 30.7 Å². The first-order chi connectivity index (χ1) is 14.8. The summed E-state index contributed by atoms with van der Waals surface area (Å²) in [6.07, 6.45) is 3.64. The second-order valence-electron chi connectivity index (χ2n) is 7.45. The van der Waals surface area contributed by atoms with Crippen molar-refractivity contribution in [1.29, 1.82) is 0 Å². The zero-order valence-corrected chi connectivity index (χ0v) is 19.2. The number of thioether (sulfide) groups is 1. The molecule has 0 aliphatic heterocycles. The molecule has 1 N–H and O–H groups in total. The van der Waals surface area contributed by atoms with Gasteiger partial charge in [-0.25, -0.2) is 4.79 Å². The summed E-state index contributed by atoms with van der Waals surface area (Å²) >= 11 is 1.16. The summed E-state index contributed by atoms with van der Waals surface area (Å²) in [5.41, 5.74) is 0. The Morgan fingerprint density at radius 2 is 1.38 bits per heavy atom. The third-order valence-electron chi connectivity index (χ3n) is 4.73. The van der Waals surface area contributed by atoms with Gasteiger partial charge in [0.25, 0.3) is 5.91 Å². The summed E-state index contributed by atoms with van der Waals surface area (Å²) < 4.78 is 94.8. The molecule has 32 heavy (non-hydrogen) atoms.